The molecule has 0 aromatic heterocycles. The smallest absolute Gasteiger partial charge is 0.307 e. The monoisotopic (exact) mass is 235 g/mol. The van der Waals surface area contributed by atoms with Crippen LogP contribution in [0.25, 0.3) is 0 Å². The average molecular weight is 235 g/mol. The van der Waals surface area contributed by atoms with Gasteiger partial charge in [-0.3, -0.25) is 4.79 Å². The summed E-state index contributed by atoms with van der Waals surface area (Å²) in [5, 5.41) is 3.37. The van der Waals surface area contributed by atoms with Crippen molar-refractivity contribution in [2.45, 2.75) is 39.2 Å². The molecule has 0 amide bonds. The third-order valence-corrected chi connectivity index (χ3v) is 2.50. The number of carbonyl (C=O) groups excluding carboxylic acids is 1. The van der Waals surface area contributed by atoms with Gasteiger partial charge >= 0.3 is 5.97 Å². The minimum atomic E-state index is -0.130. The van der Waals surface area contributed by atoms with Crippen LogP contribution in [0.15, 0.2) is 30.3 Å². The Morgan fingerprint density at radius 3 is 2.59 bits per heavy atom. The summed E-state index contributed by atoms with van der Waals surface area (Å²) in [4.78, 5) is 11.5. The minimum absolute atomic E-state index is 0.130. The predicted molar refractivity (Wildman–Crippen MR) is 70.0 cm³/mol. The zero-order valence-electron chi connectivity index (χ0n) is 10.6. The van der Waals surface area contributed by atoms with E-state index in [1.807, 2.05) is 37.3 Å². The lowest BCUT2D eigenvalue weighted by Gasteiger charge is -2.18. The Hall–Kier alpha value is -1.51. The third-order valence-electron chi connectivity index (χ3n) is 2.50. The molecule has 1 unspecified atom stereocenters. The number of hydrogen-bond acceptors (Lipinski definition) is 3. The Bertz CT molecular complexity index is 324. The minimum Gasteiger partial charge on any atom is -0.466 e. The molecule has 94 valence electrons. The lowest BCUT2D eigenvalue weighted by Crippen LogP contribution is -2.24. The molecule has 17 heavy (non-hydrogen) atoms. The maximum atomic E-state index is 11.5. The summed E-state index contributed by atoms with van der Waals surface area (Å²) in [6.07, 6.45) is 2.44. The molecule has 0 spiro atoms. The normalized spacial score (nSPS) is 11.9. The van der Waals surface area contributed by atoms with Gasteiger partial charge in [0.15, 0.2) is 0 Å². The van der Waals surface area contributed by atoms with Crippen LogP contribution >= 0.6 is 0 Å². The number of benzene rings is 1. The number of rotatable bonds is 7. The van der Waals surface area contributed by atoms with Crippen molar-refractivity contribution in [3.63, 3.8) is 0 Å². The van der Waals surface area contributed by atoms with E-state index in [1.165, 1.54) is 0 Å². The van der Waals surface area contributed by atoms with Crippen molar-refractivity contribution in [1.82, 2.24) is 0 Å². The van der Waals surface area contributed by atoms with E-state index >= 15 is 0 Å². The highest BCUT2D eigenvalue weighted by molar-refractivity contribution is 5.70. The van der Waals surface area contributed by atoms with E-state index in [-0.39, 0.29) is 12.0 Å². The third kappa shape index (κ3) is 5.38. The number of anilines is 1. The van der Waals surface area contributed by atoms with E-state index < -0.39 is 0 Å². The number of esters is 1. The molecule has 3 heteroatoms. The first-order chi connectivity index (χ1) is 8.26. The van der Waals surface area contributed by atoms with Crippen LogP contribution in [0.1, 0.15) is 33.1 Å². The number of hydrogen-bond donors (Lipinski definition) is 1. The largest absolute Gasteiger partial charge is 0.466 e. The highest BCUT2D eigenvalue weighted by atomic mass is 16.5. The first-order valence-electron chi connectivity index (χ1n) is 6.23. The maximum absolute atomic E-state index is 11.5. The lowest BCUT2D eigenvalue weighted by molar-refractivity contribution is -0.143. The van der Waals surface area contributed by atoms with Crippen LogP contribution in [0.2, 0.25) is 0 Å². The topological polar surface area (TPSA) is 38.3 Å². The molecule has 1 aromatic rings. The second-order valence-corrected chi connectivity index (χ2v) is 4.01. The Kier molecular flexibility index (Phi) is 6.15. The molecule has 0 radical (unpaired) electrons. The fourth-order valence-electron chi connectivity index (χ4n) is 1.76. The summed E-state index contributed by atoms with van der Waals surface area (Å²) < 4.78 is 4.98. The van der Waals surface area contributed by atoms with Gasteiger partial charge in [-0.2, -0.15) is 0 Å². The summed E-state index contributed by atoms with van der Waals surface area (Å²) in [7, 11) is 0. The molecule has 0 bridgehead atoms. The molecule has 1 atom stereocenters. The summed E-state index contributed by atoms with van der Waals surface area (Å²) in [5.74, 6) is -0.130. The van der Waals surface area contributed by atoms with E-state index in [4.69, 9.17) is 4.74 Å². The van der Waals surface area contributed by atoms with Crippen LogP contribution in [-0.4, -0.2) is 18.6 Å². The molecular weight excluding hydrogens is 214 g/mol. The molecule has 0 fully saturated rings. The van der Waals surface area contributed by atoms with E-state index in [0.29, 0.717) is 13.0 Å². The molecule has 1 rings (SSSR count). The zero-order valence-corrected chi connectivity index (χ0v) is 10.6. The zero-order chi connectivity index (χ0) is 12.5. The summed E-state index contributed by atoms with van der Waals surface area (Å²) in [5.41, 5.74) is 1.05. The van der Waals surface area contributed by atoms with Gasteiger partial charge in [0.1, 0.15) is 0 Å². The highest BCUT2D eigenvalue weighted by Gasteiger charge is 2.13. The molecule has 0 saturated carbocycles. The first-order valence-corrected chi connectivity index (χ1v) is 6.23. The van der Waals surface area contributed by atoms with Crippen LogP contribution < -0.4 is 5.32 Å². The maximum Gasteiger partial charge on any atom is 0.307 e. The van der Waals surface area contributed by atoms with Crippen molar-refractivity contribution in [2.75, 3.05) is 11.9 Å². The number of carbonyl (C=O) groups is 1. The Morgan fingerprint density at radius 1 is 1.29 bits per heavy atom. The molecule has 0 aliphatic rings. The average Bonchev–Trinajstić information content (AvgIpc) is 2.31. The molecule has 0 heterocycles. The van der Waals surface area contributed by atoms with Crippen LogP contribution in [0.5, 0.6) is 0 Å². The van der Waals surface area contributed by atoms with Crippen molar-refractivity contribution in [3.05, 3.63) is 30.3 Å². The van der Waals surface area contributed by atoms with Crippen LogP contribution in [0.3, 0.4) is 0 Å². The molecule has 1 N–H and O–H groups in total. The molecule has 1 aromatic carbocycles. The van der Waals surface area contributed by atoms with Gasteiger partial charge in [0.25, 0.3) is 0 Å². The predicted octanol–water partition coefficient (Wildman–Crippen LogP) is 3.22. The highest BCUT2D eigenvalue weighted by Crippen LogP contribution is 2.13. The van der Waals surface area contributed by atoms with Gasteiger partial charge in [0.05, 0.1) is 13.0 Å². The van der Waals surface area contributed by atoms with Crippen molar-refractivity contribution in [1.29, 1.82) is 0 Å². The van der Waals surface area contributed by atoms with Gasteiger partial charge in [0.2, 0.25) is 0 Å². The summed E-state index contributed by atoms with van der Waals surface area (Å²) >= 11 is 0. The molecule has 0 aliphatic carbocycles. The summed E-state index contributed by atoms with van der Waals surface area (Å²) in [6, 6.07) is 10.1. The molecule has 0 saturated heterocycles. The van der Waals surface area contributed by atoms with Crippen molar-refractivity contribution in [2.24, 2.45) is 0 Å². The standard InChI is InChI=1S/C14H21NO2/c1-3-8-13(11-14(16)17-4-2)15-12-9-6-5-7-10-12/h5-7,9-10,13,15H,3-4,8,11H2,1-2H3. The molecule has 0 aliphatic heterocycles. The Morgan fingerprint density at radius 2 is 2.00 bits per heavy atom. The van der Waals surface area contributed by atoms with Crippen LogP contribution in [0.4, 0.5) is 5.69 Å². The second-order valence-electron chi connectivity index (χ2n) is 4.01. The van der Waals surface area contributed by atoms with Gasteiger partial charge < -0.3 is 10.1 Å². The van der Waals surface area contributed by atoms with Gasteiger partial charge in [-0.25, -0.2) is 0 Å². The van der Waals surface area contributed by atoms with E-state index in [1.54, 1.807) is 0 Å². The van der Waals surface area contributed by atoms with E-state index in [0.717, 1.165) is 18.5 Å². The quantitative estimate of drug-likeness (QED) is 0.737. The van der Waals surface area contributed by atoms with Crippen LogP contribution in [0, 0.1) is 0 Å². The van der Waals surface area contributed by atoms with Crippen molar-refractivity contribution < 1.29 is 9.53 Å². The fourth-order valence-corrected chi connectivity index (χ4v) is 1.76. The van der Waals surface area contributed by atoms with E-state index in [9.17, 15) is 4.79 Å². The van der Waals surface area contributed by atoms with Crippen molar-refractivity contribution in [3.8, 4) is 0 Å². The SMILES string of the molecule is CCCC(CC(=O)OCC)Nc1ccccc1. The molecule has 3 nitrogen and oxygen atoms in total. The fraction of sp³-hybridized carbons (Fsp3) is 0.500. The number of para-hydroxylation sites is 1. The number of nitrogens with one attached hydrogen (secondary N) is 1. The van der Waals surface area contributed by atoms with E-state index in [2.05, 4.69) is 12.2 Å². The second kappa shape index (κ2) is 7.71. The number of ether oxygens (including phenoxy) is 1. The first kappa shape index (κ1) is 13.6. The Balaban J connectivity index is 2.51. The van der Waals surface area contributed by atoms with Crippen molar-refractivity contribution >= 4 is 11.7 Å². The molecular formula is C14H21NO2. The lowest BCUT2D eigenvalue weighted by atomic mass is 10.1. The van der Waals surface area contributed by atoms with Gasteiger partial charge in [-0.05, 0) is 25.5 Å². The van der Waals surface area contributed by atoms with Gasteiger partial charge in [-0.15, -0.1) is 0 Å². The Labute approximate surface area is 103 Å². The van der Waals surface area contributed by atoms with Gasteiger partial charge in [-0.1, -0.05) is 31.5 Å². The van der Waals surface area contributed by atoms with Gasteiger partial charge in [0, 0.05) is 11.7 Å². The van der Waals surface area contributed by atoms with Crippen LogP contribution in [-0.2, 0) is 9.53 Å². The summed E-state index contributed by atoms with van der Waals surface area (Å²) in [6.45, 7) is 4.39.